The lowest BCUT2D eigenvalue weighted by Crippen LogP contribution is -2.42. The molecule has 1 aromatic rings. The molecule has 2 aliphatic rings. The van der Waals surface area contributed by atoms with Crippen molar-refractivity contribution in [3.8, 4) is 0 Å². The highest BCUT2D eigenvalue weighted by Crippen LogP contribution is 2.35. The van der Waals surface area contributed by atoms with Crippen molar-refractivity contribution in [2.75, 3.05) is 26.1 Å². The van der Waals surface area contributed by atoms with Gasteiger partial charge in [-0.2, -0.15) is 0 Å². The second-order valence-corrected chi connectivity index (χ2v) is 7.00. The fourth-order valence-electron chi connectivity index (χ4n) is 2.70. The maximum atomic E-state index is 15.6. The average molecular weight is 441 g/mol. The molecule has 1 aliphatic heterocycles. The SMILES string of the molecule is COC(=O)C1(F)C=C2C(=NCN2C)C=C1Nc1ccc(I)cc1C. The van der Waals surface area contributed by atoms with Crippen LogP contribution in [0.2, 0.25) is 0 Å². The number of hydrogen-bond donors (Lipinski definition) is 1. The first kappa shape index (κ1) is 16.9. The summed E-state index contributed by atoms with van der Waals surface area (Å²) in [5.74, 6) is -0.962. The molecule has 24 heavy (non-hydrogen) atoms. The summed E-state index contributed by atoms with van der Waals surface area (Å²) in [5.41, 5.74) is 0.660. The third-order valence-corrected chi connectivity index (χ3v) is 4.75. The monoisotopic (exact) mass is 441 g/mol. The number of aliphatic imine (C=N–C) groups is 1. The Morgan fingerprint density at radius 3 is 2.92 bits per heavy atom. The lowest BCUT2D eigenvalue weighted by molar-refractivity contribution is -0.149. The molecule has 1 N–H and O–H groups in total. The number of rotatable bonds is 3. The number of aryl methyl sites for hydroxylation is 1. The van der Waals surface area contributed by atoms with Crippen LogP contribution in [0, 0.1) is 10.5 Å². The first-order chi connectivity index (χ1) is 11.3. The van der Waals surface area contributed by atoms with Crippen molar-refractivity contribution < 1.29 is 13.9 Å². The largest absolute Gasteiger partial charge is 0.466 e. The van der Waals surface area contributed by atoms with Gasteiger partial charge in [0.25, 0.3) is 5.67 Å². The Morgan fingerprint density at radius 1 is 1.50 bits per heavy atom. The Kier molecular flexibility index (Phi) is 4.37. The van der Waals surface area contributed by atoms with Gasteiger partial charge in [0, 0.05) is 16.3 Å². The molecule has 3 rings (SSSR count). The minimum atomic E-state index is -2.38. The van der Waals surface area contributed by atoms with Gasteiger partial charge in [0.05, 0.1) is 24.2 Å². The highest BCUT2D eigenvalue weighted by atomic mass is 127. The van der Waals surface area contributed by atoms with Gasteiger partial charge >= 0.3 is 5.97 Å². The van der Waals surface area contributed by atoms with E-state index in [0.29, 0.717) is 18.1 Å². The number of benzene rings is 1. The van der Waals surface area contributed by atoms with E-state index in [1.165, 1.54) is 13.2 Å². The quantitative estimate of drug-likeness (QED) is 0.579. The molecule has 1 unspecified atom stereocenters. The summed E-state index contributed by atoms with van der Waals surface area (Å²) < 4.78 is 21.3. The molecule has 0 spiro atoms. The molecule has 7 heteroatoms. The second-order valence-electron chi connectivity index (χ2n) is 5.76. The minimum Gasteiger partial charge on any atom is -0.466 e. The molecule has 0 radical (unpaired) electrons. The number of halogens is 2. The lowest BCUT2D eigenvalue weighted by atomic mass is 9.92. The van der Waals surface area contributed by atoms with Crippen LogP contribution in [0.4, 0.5) is 10.1 Å². The van der Waals surface area contributed by atoms with Crippen LogP contribution in [0.15, 0.2) is 46.7 Å². The van der Waals surface area contributed by atoms with Gasteiger partial charge in [-0.25, -0.2) is 9.18 Å². The van der Waals surface area contributed by atoms with E-state index in [0.717, 1.165) is 14.8 Å². The number of nitrogens with zero attached hydrogens (tertiary/aromatic N) is 2. The molecule has 1 heterocycles. The van der Waals surface area contributed by atoms with Crippen LogP contribution in [0.25, 0.3) is 0 Å². The van der Waals surface area contributed by atoms with Gasteiger partial charge in [0.1, 0.15) is 6.67 Å². The van der Waals surface area contributed by atoms with Gasteiger partial charge in [0.2, 0.25) is 0 Å². The van der Waals surface area contributed by atoms with Gasteiger partial charge in [-0.05, 0) is 65.4 Å². The Bertz CT molecular complexity index is 803. The van der Waals surface area contributed by atoms with Crippen molar-refractivity contribution in [2.45, 2.75) is 12.6 Å². The predicted octanol–water partition coefficient (Wildman–Crippen LogP) is 3.02. The van der Waals surface area contributed by atoms with Crippen molar-refractivity contribution in [1.29, 1.82) is 0 Å². The summed E-state index contributed by atoms with van der Waals surface area (Å²) >= 11 is 2.21. The Hall–Kier alpha value is -1.90. The minimum absolute atomic E-state index is 0.108. The molecule has 5 nitrogen and oxygen atoms in total. The third-order valence-electron chi connectivity index (χ3n) is 4.08. The molecule has 126 valence electrons. The van der Waals surface area contributed by atoms with E-state index in [1.807, 2.05) is 25.1 Å². The number of carbonyl (C=O) groups excluding carboxylic acids is 1. The van der Waals surface area contributed by atoms with Crippen molar-refractivity contribution in [1.82, 2.24) is 4.90 Å². The van der Waals surface area contributed by atoms with Crippen LogP contribution >= 0.6 is 22.6 Å². The van der Waals surface area contributed by atoms with Gasteiger partial charge in [-0.1, -0.05) is 0 Å². The number of fused-ring (bicyclic) bond motifs is 1. The maximum Gasteiger partial charge on any atom is 0.354 e. The first-order valence-corrected chi connectivity index (χ1v) is 8.44. The van der Waals surface area contributed by atoms with Crippen LogP contribution < -0.4 is 5.32 Å². The van der Waals surface area contributed by atoms with Gasteiger partial charge in [-0.15, -0.1) is 0 Å². The number of carbonyl (C=O) groups is 1. The predicted molar refractivity (Wildman–Crippen MR) is 99.6 cm³/mol. The zero-order valence-electron chi connectivity index (χ0n) is 13.6. The number of anilines is 1. The number of ether oxygens (including phenoxy) is 1. The van der Waals surface area contributed by atoms with E-state index in [9.17, 15) is 4.79 Å². The normalized spacial score (nSPS) is 22.4. The molecular weight excluding hydrogens is 424 g/mol. The molecule has 1 atom stereocenters. The van der Waals surface area contributed by atoms with Gasteiger partial charge in [-0.3, -0.25) is 4.99 Å². The third kappa shape index (κ3) is 2.81. The summed E-state index contributed by atoms with van der Waals surface area (Å²) in [7, 11) is 2.98. The molecule has 0 bridgehead atoms. The van der Waals surface area contributed by atoms with E-state index in [1.54, 1.807) is 18.0 Å². The smallest absolute Gasteiger partial charge is 0.354 e. The summed E-state index contributed by atoms with van der Waals surface area (Å²) in [6.45, 7) is 2.36. The fraction of sp³-hybridized carbons (Fsp3) is 0.294. The van der Waals surface area contributed by atoms with Gasteiger partial charge in [0.15, 0.2) is 0 Å². The maximum absolute atomic E-state index is 15.6. The Balaban J connectivity index is 2.03. The molecule has 1 aliphatic carbocycles. The summed E-state index contributed by atoms with van der Waals surface area (Å²) in [6, 6.07) is 5.75. The van der Waals surface area contributed by atoms with Crippen molar-refractivity contribution in [2.24, 2.45) is 4.99 Å². The summed E-state index contributed by atoms with van der Waals surface area (Å²) in [6.07, 6.45) is 2.85. The fourth-order valence-corrected chi connectivity index (χ4v) is 3.35. The number of esters is 1. The summed E-state index contributed by atoms with van der Waals surface area (Å²) in [5, 5.41) is 3.05. The molecule has 0 saturated heterocycles. The van der Waals surface area contributed by atoms with Crippen molar-refractivity contribution in [3.05, 3.63) is 50.9 Å². The zero-order valence-corrected chi connectivity index (χ0v) is 15.7. The second kappa shape index (κ2) is 6.19. The Morgan fingerprint density at radius 2 is 2.25 bits per heavy atom. The lowest BCUT2D eigenvalue weighted by Gasteiger charge is -2.29. The van der Waals surface area contributed by atoms with Crippen LogP contribution in [-0.2, 0) is 9.53 Å². The molecule has 0 amide bonds. The molecular formula is C17H17FIN3O2. The molecule has 0 fully saturated rings. The van der Waals surface area contributed by atoms with E-state index < -0.39 is 11.6 Å². The first-order valence-electron chi connectivity index (χ1n) is 7.36. The van der Waals surface area contributed by atoms with E-state index in [2.05, 4.69) is 32.9 Å². The summed E-state index contributed by atoms with van der Waals surface area (Å²) in [4.78, 5) is 18.3. The average Bonchev–Trinajstić information content (AvgIpc) is 2.89. The van der Waals surface area contributed by atoms with Crippen LogP contribution in [0.1, 0.15) is 5.56 Å². The molecule has 1 aromatic carbocycles. The zero-order chi connectivity index (χ0) is 17.5. The Labute approximate surface area is 153 Å². The van der Waals surface area contributed by atoms with Crippen LogP contribution in [-0.4, -0.2) is 43.1 Å². The number of allylic oxidation sites excluding steroid dienone is 1. The molecule has 0 saturated carbocycles. The van der Waals surface area contributed by atoms with E-state index >= 15 is 4.39 Å². The van der Waals surface area contributed by atoms with Crippen LogP contribution in [0.3, 0.4) is 0 Å². The van der Waals surface area contributed by atoms with Crippen molar-refractivity contribution >= 4 is 40.0 Å². The molecule has 0 aromatic heterocycles. The number of alkyl halides is 1. The van der Waals surface area contributed by atoms with Crippen LogP contribution in [0.5, 0.6) is 0 Å². The number of hydrogen-bond acceptors (Lipinski definition) is 5. The van der Waals surface area contributed by atoms with E-state index in [4.69, 9.17) is 4.74 Å². The van der Waals surface area contributed by atoms with Crippen molar-refractivity contribution in [3.63, 3.8) is 0 Å². The highest BCUT2D eigenvalue weighted by molar-refractivity contribution is 14.1. The topological polar surface area (TPSA) is 53.9 Å². The standard InChI is InChI=1S/C17H17FIN3O2/c1-10-6-11(19)4-5-12(10)21-15-7-13-14(22(2)9-20-13)8-17(15,18)16(23)24-3/h4-8,21H,9H2,1-3H3. The highest BCUT2D eigenvalue weighted by Gasteiger charge is 2.47. The van der Waals surface area contributed by atoms with Gasteiger partial charge < -0.3 is 15.0 Å². The number of methoxy groups -OCH3 is 1. The van der Waals surface area contributed by atoms with E-state index in [-0.39, 0.29) is 5.70 Å². The number of nitrogens with one attached hydrogen (secondary N) is 1.